The van der Waals surface area contributed by atoms with Crippen molar-refractivity contribution in [3.63, 3.8) is 0 Å². The van der Waals surface area contributed by atoms with Gasteiger partial charge in [0.25, 0.3) is 0 Å². The summed E-state index contributed by atoms with van der Waals surface area (Å²) >= 11 is 1.57. The zero-order valence-corrected chi connectivity index (χ0v) is 19.3. The summed E-state index contributed by atoms with van der Waals surface area (Å²) in [5.74, 6) is 1.30. The summed E-state index contributed by atoms with van der Waals surface area (Å²) in [6, 6.07) is 18.3. The fraction of sp³-hybridized carbons (Fsp3) is 0.320. The van der Waals surface area contributed by atoms with Gasteiger partial charge in [0.2, 0.25) is 11.8 Å². The number of hydrogen-bond acceptors (Lipinski definition) is 7. The maximum absolute atomic E-state index is 9.32. The van der Waals surface area contributed by atoms with E-state index in [4.69, 9.17) is 9.72 Å². The average Bonchev–Trinajstić information content (AvgIpc) is 2.84. The van der Waals surface area contributed by atoms with Crippen LogP contribution >= 0.6 is 11.8 Å². The maximum atomic E-state index is 9.32. The van der Waals surface area contributed by atoms with Gasteiger partial charge in [0, 0.05) is 31.1 Å². The minimum absolute atomic E-state index is 0.446. The van der Waals surface area contributed by atoms with Gasteiger partial charge < -0.3 is 14.5 Å². The van der Waals surface area contributed by atoms with Crippen molar-refractivity contribution in [1.82, 2.24) is 14.9 Å². The highest BCUT2D eigenvalue weighted by molar-refractivity contribution is 7.99. The van der Waals surface area contributed by atoms with Gasteiger partial charge in [-0.2, -0.15) is 10.2 Å². The minimum atomic E-state index is 0.446. The van der Waals surface area contributed by atoms with Gasteiger partial charge in [-0.15, -0.1) is 0 Å². The predicted octanol–water partition coefficient (Wildman–Crippen LogP) is 4.39. The van der Waals surface area contributed by atoms with Gasteiger partial charge in [0.15, 0.2) is 0 Å². The fourth-order valence-electron chi connectivity index (χ4n) is 3.57. The molecule has 2 heterocycles. The van der Waals surface area contributed by atoms with Crippen LogP contribution in [-0.2, 0) is 13.0 Å². The Bertz CT molecular complexity index is 1090. The smallest absolute Gasteiger partial charge is 0.232 e. The first-order valence-electron chi connectivity index (χ1n) is 10.8. The Balaban J connectivity index is 1.60. The number of hydrogen-bond donors (Lipinski definition) is 0. The van der Waals surface area contributed by atoms with E-state index in [2.05, 4.69) is 40.9 Å². The number of likely N-dealkylation sites (N-methyl/N-ethyl adjacent to an activating group) is 1. The van der Waals surface area contributed by atoms with E-state index >= 15 is 0 Å². The number of nitrogens with zero attached hydrogens (tertiary/aromatic N) is 5. The zero-order valence-electron chi connectivity index (χ0n) is 18.5. The predicted molar refractivity (Wildman–Crippen MR) is 127 cm³/mol. The molecule has 0 bridgehead atoms. The number of ether oxygens (including phenoxy) is 1. The molecule has 0 amide bonds. The molecule has 0 spiro atoms. The van der Waals surface area contributed by atoms with E-state index in [1.807, 2.05) is 48.7 Å². The first-order valence-corrected chi connectivity index (χ1v) is 11.7. The van der Waals surface area contributed by atoms with E-state index in [-0.39, 0.29) is 0 Å². The molecule has 0 unspecified atom stereocenters. The molecular formula is C25H27N5OS. The molecule has 6 nitrogen and oxygen atoms in total. The van der Waals surface area contributed by atoms with Gasteiger partial charge >= 0.3 is 0 Å². The van der Waals surface area contributed by atoms with Crippen LogP contribution in [0.4, 0.5) is 5.95 Å². The van der Waals surface area contributed by atoms with Crippen LogP contribution < -0.4 is 9.64 Å². The van der Waals surface area contributed by atoms with E-state index in [0.717, 1.165) is 59.1 Å². The lowest BCUT2D eigenvalue weighted by Crippen LogP contribution is -2.45. The van der Waals surface area contributed by atoms with Crippen LogP contribution in [0.25, 0.3) is 0 Å². The van der Waals surface area contributed by atoms with Crippen molar-refractivity contribution < 1.29 is 4.74 Å². The van der Waals surface area contributed by atoms with Crippen molar-refractivity contribution in [2.24, 2.45) is 0 Å². The van der Waals surface area contributed by atoms with Gasteiger partial charge in [-0.1, -0.05) is 49.0 Å². The molecule has 1 saturated heterocycles. The molecule has 4 rings (SSSR count). The molecule has 2 aromatic carbocycles. The molecule has 1 aliphatic heterocycles. The average molecular weight is 446 g/mol. The maximum Gasteiger partial charge on any atom is 0.232 e. The van der Waals surface area contributed by atoms with Crippen LogP contribution in [0.1, 0.15) is 23.6 Å². The summed E-state index contributed by atoms with van der Waals surface area (Å²) in [6.45, 7) is 6.29. The molecule has 3 aromatic rings. The highest BCUT2D eigenvalue weighted by Crippen LogP contribution is 2.35. The summed E-state index contributed by atoms with van der Waals surface area (Å²) in [7, 11) is 2.13. The lowest BCUT2D eigenvalue weighted by molar-refractivity contribution is 0.283. The molecule has 1 aromatic heterocycles. The quantitative estimate of drug-likeness (QED) is 0.534. The SMILES string of the molecule is CCc1cc(Sc2cnc(N3CCN(C)CC3)nc2OCc2ccccc2)ccc1C#N. The molecule has 7 heteroatoms. The molecule has 32 heavy (non-hydrogen) atoms. The van der Waals surface area contributed by atoms with Gasteiger partial charge in [-0.3, -0.25) is 0 Å². The Morgan fingerprint density at radius 3 is 2.59 bits per heavy atom. The second kappa shape index (κ2) is 10.5. The summed E-state index contributed by atoms with van der Waals surface area (Å²) in [5.41, 5.74) is 2.85. The third-order valence-corrected chi connectivity index (χ3v) is 6.51. The van der Waals surface area contributed by atoms with Crippen LogP contribution in [0.2, 0.25) is 0 Å². The molecule has 164 valence electrons. The van der Waals surface area contributed by atoms with Crippen LogP contribution in [0.15, 0.2) is 64.5 Å². The van der Waals surface area contributed by atoms with Gasteiger partial charge in [0.1, 0.15) is 6.61 Å². The highest BCUT2D eigenvalue weighted by atomic mass is 32.2. The summed E-state index contributed by atoms with van der Waals surface area (Å²) in [5, 5.41) is 9.32. The first kappa shape index (κ1) is 22.1. The van der Waals surface area contributed by atoms with E-state index < -0.39 is 0 Å². The number of benzene rings is 2. The van der Waals surface area contributed by atoms with Crippen molar-refractivity contribution >= 4 is 17.7 Å². The molecule has 0 radical (unpaired) electrons. The molecule has 1 fully saturated rings. The molecule has 0 N–H and O–H groups in total. The first-order chi connectivity index (χ1) is 15.7. The Kier molecular flexibility index (Phi) is 7.25. The van der Waals surface area contributed by atoms with Gasteiger partial charge in [-0.25, -0.2) is 4.98 Å². The third-order valence-electron chi connectivity index (χ3n) is 5.52. The number of anilines is 1. The van der Waals surface area contributed by atoms with E-state index in [9.17, 15) is 5.26 Å². The fourth-order valence-corrected chi connectivity index (χ4v) is 4.46. The van der Waals surface area contributed by atoms with Crippen molar-refractivity contribution in [1.29, 1.82) is 5.26 Å². The molecule has 0 aliphatic carbocycles. The number of aromatic nitrogens is 2. The van der Waals surface area contributed by atoms with Crippen molar-refractivity contribution in [3.05, 3.63) is 71.4 Å². The second-order valence-electron chi connectivity index (χ2n) is 7.79. The van der Waals surface area contributed by atoms with E-state index in [1.54, 1.807) is 11.8 Å². The largest absolute Gasteiger partial charge is 0.472 e. The number of piperazine rings is 1. The number of rotatable bonds is 7. The number of aryl methyl sites for hydroxylation is 1. The molecular weight excluding hydrogens is 418 g/mol. The summed E-state index contributed by atoms with van der Waals surface area (Å²) in [6.07, 6.45) is 2.67. The van der Waals surface area contributed by atoms with Crippen molar-refractivity contribution in [2.45, 2.75) is 29.7 Å². The molecule has 0 atom stereocenters. The second-order valence-corrected chi connectivity index (χ2v) is 8.91. The van der Waals surface area contributed by atoms with Crippen molar-refractivity contribution in [3.8, 4) is 11.9 Å². The van der Waals surface area contributed by atoms with Crippen LogP contribution in [-0.4, -0.2) is 48.1 Å². The zero-order chi connectivity index (χ0) is 22.3. The minimum Gasteiger partial charge on any atom is -0.472 e. The van der Waals surface area contributed by atoms with Crippen LogP contribution in [0.5, 0.6) is 5.88 Å². The van der Waals surface area contributed by atoms with Crippen LogP contribution in [0, 0.1) is 11.3 Å². The summed E-state index contributed by atoms with van der Waals surface area (Å²) in [4.78, 5) is 15.9. The Morgan fingerprint density at radius 1 is 1.09 bits per heavy atom. The number of nitriles is 1. The Hall–Kier alpha value is -3.08. The summed E-state index contributed by atoms with van der Waals surface area (Å²) < 4.78 is 6.19. The van der Waals surface area contributed by atoms with Gasteiger partial charge in [-0.05, 0) is 42.8 Å². The Labute approximate surface area is 193 Å². The molecule has 0 saturated carbocycles. The molecule has 1 aliphatic rings. The Morgan fingerprint density at radius 2 is 1.88 bits per heavy atom. The lowest BCUT2D eigenvalue weighted by Gasteiger charge is -2.32. The van der Waals surface area contributed by atoms with E-state index in [0.29, 0.717) is 18.4 Å². The van der Waals surface area contributed by atoms with Crippen molar-refractivity contribution in [2.75, 3.05) is 38.1 Å². The van der Waals surface area contributed by atoms with Crippen LogP contribution in [0.3, 0.4) is 0 Å². The lowest BCUT2D eigenvalue weighted by atomic mass is 10.1. The third kappa shape index (κ3) is 5.39. The monoisotopic (exact) mass is 445 g/mol. The highest BCUT2D eigenvalue weighted by Gasteiger charge is 2.19. The standard InChI is InChI=1S/C25H27N5OS/c1-3-20-15-22(10-9-21(20)16-26)32-23-17-27-25(30-13-11-29(2)12-14-30)28-24(23)31-18-19-7-5-4-6-8-19/h4-10,15,17H,3,11-14,18H2,1-2H3. The van der Waals surface area contributed by atoms with Gasteiger partial charge in [0.05, 0.1) is 22.7 Å². The topological polar surface area (TPSA) is 65.3 Å². The normalized spacial score (nSPS) is 14.2. The van der Waals surface area contributed by atoms with E-state index in [1.165, 1.54) is 0 Å².